The minimum absolute atomic E-state index is 0.120. The Bertz CT molecular complexity index is 1120. The van der Waals surface area contributed by atoms with E-state index in [2.05, 4.69) is 10.3 Å². The average Bonchev–Trinajstić information content (AvgIpc) is 3.72. The zero-order chi connectivity index (χ0) is 27.1. The van der Waals surface area contributed by atoms with Gasteiger partial charge in [-0.25, -0.2) is 9.78 Å². The Morgan fingerprint density at radius 3 is 2.58 bits per heavy atom. The van der Waals surface area contributed by atoms with Gasteiger partial charge in [0, 0.05) is 31.7 Å². The number of aromatic nitrogens is 1. The number of hydrogen-bond acceptors (Lipinski definition) is 9. The van der Waals surface area contributed by atoms with Gasteiger partial charge in [0.1, 0.15) is 6.10 Å². The molecular formula is C28H34N2O8. The average molecular weight is 527 g/mol. The van der Waals surface area contributed by atoms with E-state index in [0.29, 0.717) is 18.9 Å². The van der Waals surface area contributed by atoms with Crippen LogP contribution in [0.5, 0.6) is 11.5 Å². The molecule has 10 nitrogen and oxygen atoms in total. The lowest BCUT2D eigenvalue weighted by Crippen LogP contribution is -2.46. The largest absolute Gasteiger partial charge is 0.493 e. The monoisotopic (exact) mass is 526 g/mol. The molecule has 38 heavy (non-hydrogen) atoms. The summed E-state index contributed by atoms with van der Waals surface area (Å²) in [7, 11) is 1.38. The van der Waals surface area contributed by atoms with Crippen LogP contribution in [-0.2, 0) is 30.2 Å². The minimum Gasteiger partial charge on any atom is -0.493 e. The fourth-order valence-corrected chi connectivity index (χ4v) is 4.37. The number of rotatable bonds is 9. The summed E-state index contributed by atoms with van der Waals surface area (Å²) in [4.78, 5) is 42.0. The molecule has 1 amide bonds. The van der Waals surface area contributed by atoms with Crippen LogP contribution in [0.4, 0.5) is 0 Å². The third kappa shape index (κ3) is 7.29. The van der Waals surface area contributed by atoms with Gasteiger partial charge in [0.15, 0.2) is 17.5 Å². The maximum Gasteiger partial charge on any atom is 0.331 e. The number of carbonyl (C=O) groups is 3. The lowest BCUT2D eigenvalue weighted by Gasteiger charge is -2.31. The van der Waals surface area contributed by atoms with Crippen LogP contribution in [0.1, 0.15) is 42.7 Å². The van der Waals surface area contributed by atoms with Gasteiger partial charge in [0.2, 0.25) is 5.75 Å². The van der Waals surface area contributed by atoms with Gasteiger partial charge in [-0.05, 0) is 37.7 Å². The molecule has 0 spiro atoms. The quantitative estimate of drug-likeness (QED) is 0.492. The van der Waals surface area contributed by atoms with E-state index in [-0.39, 0.29) is 42.4 Å². The van der Waals surface area contributed by atoms with E-state index in [4.69, 9.17) is 23.7 Å². The molecule has 204 valence electrons. The highest BCUT2D eigenvalue weighted by molar-refractivity contribution is 5.98. The SMILES string of the molecule is COc1ccnc(C(=O)N[C@H]2COC[C@H](OCC3CC3)[C@@H](Cc3ccccc3)[C@H](C)OC2=O)c1OC(C)=O. The Morgan fingerprint density at radius 1 is 1.13 bits per heavy atom. The lowest BCUT2D eigenvalue weighted by atomic mass is 9.89. The van der Waals surface area contributed by atoms with Crippen molar-refractivity contribution in [1.82, 2.24) is 10.3 Å². The summed E-state index contributed by atoms with van der Waals surface area (Å²) in [5.41, 5.74) is 0.902. The predicted molar refractivity (Wildman–Crippen MR) is 136 cm³/mol. The van der Waals surface area contributed by atoms with Crippen molar-refractivity contribution < 1.29 is 38.1 Å². The van der Waals surface area contributed by atoms with Gasteiger partial charge >= 0.3 is 11.9 Å². The van der Waals surface area contributed by atoms with Gasteiger partial charge in [-0.1, -0.05) is 30.3 Å². The maximum absolute atomic E-state index is 13.2. The Labute approximate surface area is 222 Å². The van der Waals surface area contributed by atoms with E-state index in [0.717, 1.165) is 18.4 Å². The predicted octanol–water partition coefficient (Wildman–Crippen LogP) is 2.73. The van der Waals surface area contributed by atoms with Gasteiger partial charge in [-0.3, -0.25) is 9.59 Å². The molecule has 1 aromatic carbocycles. The van der Waals surface area contributed by atoms with Crippen LogP contribution < -0.4 is 14.8 Å². The summed E-state index contributed by atoms with van der Waals surface area (Å²) in [5.74, 6) is -1.59. The van der Waals surface area contributed by atoms with Crippen molar-refractivity contribution in [2.75, 3.05) is 26.9 Å². The number of amides is 1. The third-order valence-electron chi connectivity index (χ3n) is 6.65. The highest BCUT2D eigenvalue weighted by Gasteiger charge is 2.37. The molecular weight excluding hydrogens is 492 g/mol. The topological polar surface area (TPSA) is 122 Å². The van der Waals surface area contributed by atoms with Crippen molar-refractivity contribution in [3.8, 4) is 11.5 Å². The first kappa shape index (κ1) is 27.5. The Kier molecular flexibility index (Phi) is 9.30. The van der Waals surface area contributed by atoms with Crippen LogP contribution in [0.25, 0.3) is 0 Å². The summed E-state index contributed by atoms with van der Waals surface area (Å²) < 4.78 is 28.4. The first-order chi connectivity index (χ1) is 18.4. The highest BCUT2D eigenvalue weighted by Crippen LogP contribution is 2.32. The van der Waals surface area contributed by atoms with Crippen LogP contribution >= 0.6 is 0 Å². The molecule has 1 aromatic heterocycles. The molecule has 0 bridgehead atoms. The number of hydrogen-bond donors (Lipinski definition) is 1. The normalized spacial score (nSPS) is 23.8. The van der Waals surface area contributed by atoms with Crippen LogP contribution in [0.3, 0.4) is 0 Å². The van der Waals surface area contributed by atoms with Crippen LogP contribution in [0, 0.1) is 11.8 Å². The number of methoxy groups -OCH3 is 1. The summed E-state index contributed by atoms with van der Waals surface area (Å²) in [6.07, 6.45) is 3.51. The molecule has 2 aliphatic rings. The fraction of sp³-hybridized carbons (Fsp3) is 0.500. The van der Waals surface area contributed by atoms with Gasteiger partial charge < -0.3 is 29.0 Å². The van der Waals surface area contributed by atoms with Crippen molar-refractivity contribution in [2.24, 2.45) is 11.8 Å². The minimum atomic E-state index is -1.11. The second-order valence-corrected chi connectivity index (χ2v) is 9.66. The zero-order valence-electron chi connectivity index (χ0n) is 21.9. The number of benzene rings is 1. The molecule has 0 unspecified atom stereocenters. The van der Waals surface area contributed by atoms with Crippen LogP contribution in [0.15, 0.2) is 42.6 Å². The van der Waals surface area contributed by atoms with Crippen molar-refractivity contribution in [3.05, 3.63) is 53.9 Å². The summed E-state index contributed by atoms with van der Waals surface area (Å²) in [6.45, 7) is 3.80. The van der Waals surface area contributed by atoms with E-state index < -0.39 is 30.0 Å². The summed E-state index contributed by atoms with van der Waals surface area (Å²) >= 11 is 0. The summed E-state index contributed by atoms with van der Waals surface area (Å²) in [6, 6.07) is 10.3. The molecule has 1 saturated heterocycles. The molecule has 10 heteroatoms. The molecule has 4 rings (SSSR count). The Hall–Kier alpha value is -3.50. The summed E-state index contributed by atoms with van der Waals surface area (Å²) in [5, 5.41) is 2.62. The van der Waals surface area contributed by atoms with E-state index in [1.807, 2.05) is 37.3 Å². The maximum atomic E-state index is 13.2. The molecule has 2 fully saturated rings. The molecule has 1 aliphatic heterocycles. The number of carbonyl (C=O) groups excluding carboxylic acids is 3. The van der Waals surface area contributed by atoms with Crippen molar-refractivity contribution in [1.29, 1.82) is 0 Å². The zero-order valence-corrected chi connectivity index (χ0v) is 21.9. The molecule has 1 saturated carbocycles. The van der Waals surface area contributed by atoms with Gasteiger partial charge in [0.25, 0.3) is 5.91 Å². The van der Waals surface area contributed by atoms with Gasteiger partial charge in [-0.15, -0.1) is 0 Å². The van der Waals surface area contributed by atoms with E-state index in [1.165, 1.54) is 26.3 Å². The van der Waals surface area contributed by atoms with Crippen molar-refractivity contribution in [2.45, 2.75) is 51.4 Å². The van der Waals surface area contributed by atoms with Gasteiger partial charge in [-0.2, -0.15) is 0 Å². The van der Waals surface area contributed by atoms with Gasteiger partial charge in [0.05, 0.1) is 26.4 Å². The van der Waals surface area contributed by atoms with E-state index >= 15 is 0 Å². The molecule has 0 radical (unpaired) electrons. The molecule has 2 heterocycles. The first-order valence-electron chi connectivity index (χ1n) is 12.8. The van der Waals surface area contributed by atoms with E-state index in [1.54, 1.807) is 0 Å². The number of nitrogens with zero attached hydrogens (tertiary/aromatic N) is 1. The standard InChI is InChI=1S/C28H34N2O8/c1-17-21(13-19-7-5-4-6-8-19)24(36-14-20-9-10-20)16-35-15-22(28(33)37-17)30-27(32)25-26(38-18(2)31)23(34-3)11-12-29-25/h4-8,11-12,17,20-22,24H,9-10,13-16H2,1-3H3,(H,30,32)/t17-,21-,22-,24-/m0/s1. The van der Waals surface area contributed by atoms with Crippen LogP contribution in [-0.4, -0.2) is 68.0 Å². The second kappa shape index (κ2) is 12.8. The number of esters is 2. The van der Waals surface area contributed by atoms with Crippen LogP contribution in [0.2, 0.25) is 0 Å². The Morgan fingerprint density at radius 2 is 1.89 bits per heavy atom. The number of ether oxygens (including phenoxy) is 5. The molecule has 1 aliphatic carbocycles. The number of pyridine rings is 1. The smallest absolute Gasteiger partial charge is 0.331 e. The molecule has 4 atom stereocenters. The number of nitrogens with one attached hydrogen (secondary N) is 1. The Balaban J connectivity index is 1.51. The van der Waals surface area contributed by atoms with Crippen molar-refractivity contribution in [3.63, 3.8) is 0 Å². The first-order valence-corrected chi connectivity index (χ1v) is 12.8. The second-order valence-electron chi connectivity index (χ2n) is 9.66. The molecule has 2 aromatic rings. The fourth-order valence-electron chi connectivity index (χ4n) is 4.37. The third-order valence-corrected chi connectivity index (χ3v) is 6.65. The van der Waals surface area contributed by atoms with Crippen molar-refractivity contribution >= 4 is 17.8 Å². The lowest BCUT2D eigenvalue weighted by molar-refractivity contribution is -0.155. The van der Waals surface area contributed by atoms with E-state index in [9.17, 15) is 14.4 Å². The molecule has 1 N–H and O–H groups in total. The number of cyclic esters (lactones) is 1. The highest BCUT2D eigenvalue weighted by atomic mass is 16.6.